The van der Waals surface area contributed by atoms with E-state index in [1.54, 1.807) is 31.1 Å². The van der Waals surface area contributed by atoms with E-state index >= 15 is 0 Å². The number of methoxy groups -OCH3 is 1. The molecule has 9 heteroatoms. The summed E-state index contributed by atoms with van der Waals surface area (Å²) in [5.74, 6) is -0.217. The summed E-state index contributed by atoms with van der Waals surface area (Å²) in [4.78, 5) is 40.8. The molecule has 0 aliphatic carbocycles. The van der Waals surface area contributed by atoms with E-state index in [4.69, 9.17) is 4.74 Å². The second-order valence-corrected chi connectivity index (χ2v) is 8.76. The summed E-state index contributed by atoms with van der Waals surface area (Å²) in [5, 5.41) is 14.2. The summed E-state index contributed by atoms with van der Waals surface area (Å²) >= 11 is 0. The highest BCUT2D eigenvalue weighted by molar-refractivity contribution is 5.91. The van der Waals surface area contributed by atoms with Gasteiger partial charge in [0.2, 0.25) is 5.91 Å². The van der Waals surface area contributed by atoms with Gasteiger partial charge < -0.3 is 34.7 Å². The SMILES string of the molecule is COc1ccccc1NC(=O)N1CC[C@@H](CC(=O)[O-])[C@@H](CC[NH+]2CCN(C(C)=O)CC2)C1. The van der Waals surface area contributed by atoms with Crippen molar-refractivity contribution in [3.8, 4) is 5.75 Å². The van der Waals surface area contributed by atoms with Crippen LogP contribution in [0.25, 0.3) is 0 Å². The average molecular weight is 447 g/mol. The van der Waals surface area contributed by atoms with Crippen LogP contribution in [0.5, 0.6) is 5.75 Å². The van der Waals surface area contributed by atoms with Gasteiger partial charge in [0.05, 0.1) is 45.5 Å². The van der Waals surface area contributed by atoms with E-state index in [1.165, 1.54) is 4.90 Å². The van der Waals surface area contributed by atoms with Gasteiger partial charge in [-0.2, -0.15) is 0 Å². The highest BCUT2D eigenvalue weighted by Crippen LogP contribution is 2.30. The van der Waals surface area contributed by atoms with Crippen LogP contribution in [-0.2, 0) is 9.59 Å². The van der Waals surface area contributed by atoms with Crippen LogP contribution in [0.1, 0.15) is 26.2 Å². The van der Waals surface area contributed by atoms with Gasteiger partial charge in [0.25, 0.3) is 0 Å². The van der Waals surface area contributed by atoms with E-state index in [9.17, 15) is 19.5 Å². The number of hydrogen-bond acceptors (Lipinski definition) is 5. The van der Waals surface area contributed by atoms with E-state index in [2.05, 4.69) is 5.32 Å². The summed E-state index contributed by atoms with van der Waals surface area (Å²) in [5.41, 5.74) is 0.612. The quantitative estimate of drug-likeness (QED) is 0.584. The highest BCUT2D eigenvalue weighted by atomic mass is 16.5. The number of ether oxygens (including phenoxy) is 1. The van der Waals surface area contributed by atoms with Crippen molar-refractivity contribution in [2.24, 2.45) is 11.8 Å². The van der Waals surface area contributed by atoms with Gasteiger partial charge in [-0.25, -0.2) is 4.79 Å². The van der Waals surface area contributed by atoms with Crippen molar-refractivity contribution in [2.75, 3.05) is 58.2 Å². The van der Waals surface area contributed by atoms with Crippen LogP contribution in [0.15, 0.2) is 24.3 Å². The zero-order valence-electron chi connectivity index (χ0n) is 19.0. The minimum atomic E-state index is -1.03. The number of aliphatic carboxylic acids is 1. The van der Waals surface area contributed by atoms with Crippen LogP contribution in [0.2, 0.25) is 0 Å². The second-order valence-electron chi connectivity index (χ2n) is 8.76. The summed E-state index contributed by atoms with van der Waals surface area (Å²) in [6, 6.07) is 7.06. The minimum Gasteiger partial charge on any atom is -0.550 e. The van der Waals surface area contributed by atoms with Gasteiger partial charge in [0.1, 0.15) is 5.75 Å². The normalized spacial score (nSPS) is 21.8. The number of nitrogens with zero attached hydrogens (tertiary/aromatic N) is 2. The minimum absolute atomic E-state index is 0.00761. The fourth-order valence-electron chi connectivity index (χ4n) is 4.79. The first-order chi connectivity index (χ1) is 15.4. The largest absolute Gasteiger partial charge is 0.550 e. The van der Waals surface area contributed by atoms with Crippen LogP contribution in [0.3, 0.4) is 0 Å². The molecule has 1 aromatic carbocycles. The number of likely N-dealkylation sites (tertiary alicyclic amines) is 1. The van der Waals surface area contributed by atoms with Crippen LogP contribution in [0, 0.1) is 11.8 Å². The van der Waals surface area contributed by atoms with Crippen molar-refractivity contribution in [1.82, 2.24) is 9.80 Å². The molecule has 2 heterocycles. The zero-order chi connectivity index (χ0) is 23.1. The fourth-order valence-corrected chi connectivity index (χ4v) is 4.79. The Balaban J connectivity index is 1.58. The number of quaternary nitrogens is 1. The van der Waals surface area contributed by atoms with Gasteiger partial charge >= 0.3 is 6.03 Å². The number of carboxylic acid groups (broad SMARTS) is 1. The number of benzene rings is 1. The molecule has 2 N–H and O–H groups in total. The second kappa shape index (κ2) is 11.2. The van der Waals surface area contributed by atoms with Crippen molar-refractivity contribution >= 4 is 23.6 Å². The number of nitrogens with one attached hydrogen (secondary N) is 2. The number of carbonyl (C=O) groups is 3. The van der Waals surface area contributed by atoms with E-state index in [0.29, 0.717) is 30.9 Å². The zero-order valence-corrected chi connectivity index (χ0v) is 19.0. The molecule has 0 unspecified atom stereocenters. The molecule has 2 aliphatic rings. The summed E-state index contributed by atoms with van der Waals surface area (Å²) in [7, 11) is 1.56. The first-order valence-electron chi connectivity index (χ1n) is 11.3. The third-order valence-corrected chi connectivity index (χ3v) is 6.74. The van der Waals surface area contributed by atoms with Crippen LogP contribution < -0.4 is 20.1 Å². The molecule has 0 radical (unpaired) electrons. The number of carbonyl (C=O) groups excluding carboxylic acids is 3. The molecular formula is C23H34N4O5. The molecule has 0 spiro atoms. The lowest BCUT2D eigenvalue weighted by Crippen LogP contribution is -3.14. The Morgan fingerprint density at radius 3 is 2.50 bits per heavy atom. The summed E-state index contributed by atoms with van der Waals surface area (Å²) in [6.45, 7) is 6.84. The van der Waals surface area contributed by atoms with Crippen LogP contribution in [-0.4, -0.2) is 80.6 Å². The highest BCUT2D eigenvalue weighted by Gasteiger charge is 2.33. The standard InChI is InChI=1S/C23H34N4O5/c1-17(28)26-13-11-25(12-14-26)9-7-19-16-27(10-8-18(19)15-22(29)30)23(31)24-20-5-3-4-6-21(20)32-2/h3-6,18-19H,7-16H2,1-2H3,(H,24,31)(H,29,30)/t18-,19-/m0/s1. The van der Waals surface area contributed by atoms with E-state index in [-0.39, 0.29) is 30.2 Å². The molecule has 2 fully saturated rings. The Hall–Kier alpha value is -2.81. The van der Waals surface area contributed by atoms with Gasteiger partial charge in [0, 0.05) is 32.4 Å². The van der Waals surface area contributed by atoms with Crippen LogP contribution in [0.4, 0.5) is 10.5 Å². The molecule has 1 aromatic rings. The van der Waals surface area contributed by atoms with Crippen molar-refractivity contribution in [3.05, 3.63) is 24.3 Å². The number of hydrogen-bond donors (Lipinski definition) is 2. The fraction of sp³-hybridized carbons (Fsp3) is 0.609. The Morgan fingerprint density at radius 1 is 1.12 bits per heavy atom. The van der Waals surface area contributed by atoms with Crippen molar-refractivity contribution in [2.45, 2.75) is 26.2 Å². The van der Waals surface area contributed by atoms with Crippen molar-refractivity contribution in [3.63, 3.8) is 0 Å². The molecule has 3 rings (SSSR count). The van der Waals surface area contributed by atoms with E-state index in [0.717, 1.165) is 39.1 Å². The molecule has 0 saturated carbocycles. The van der Waals surface area contributed by atoms with Crippen molar-refractivity contribution < 1.29 is 29.1 Å². The monoisotopic (exact) mass is 446 g/mol. The molecule has 9 nitrogen and oxygen atoms in total. The molecule has 2 atom stereocenters. The number of urea groups is 1. The van der Waals surface area contributed by atoms with Gasteiger partial charge in [-0.1, -0.05) is 12.1 Å². The Labute approximate surface area is 189 Å². The molecule has 2 aliphatic heterocycles. The molecule has 3 amide bonds. The van der Waals surface area contributed by atoms with Crippen molar-refractivity contribution in [1.29, 1.82) is 0 Å². The van der Waals surface area contributed by atoms with Gasteiger partial charge in [-0.3, -0.25) is 4.79 Å². The number of carboxylic acids is 1. The molecule has 0 bridgehead atoms. The number of amides is 3. The maximum atomic E-state index is 12.9. The van der Waals surface area contributed by atoms with Gasteiger partial charge in [-0.05, 0) is 36.8 Å². The number of piperazine rings is 1. The number of rotatable bonds is 7. The molecule has 0 aromatic heterocycles. The first-order valence-corrected chi connectivity index (χ1v) is 11.3. The van der Waals surface area contributed by atoms with Gasteiger partial charge in [-0.15, -0.1) is 0 Å². The molecule has 2 saturated heterocycles. The number of para-hydroxylation sites is 2. The Kier molecular flexibility index (Phi) is 8.33. The summed E-state index contributed by atoms with van der Waals surface area (Å²) in [6.07, 6.45) is 1.51. The predicted octanol–water partition coefficient (Wildman–Crippen LogP) is -0.558. The molecule has 176 valence electrons. The summed E-state index contributed by atoms with van der Waals surface area (Å²) < 4.78 is 5.31. The average Bonchev–Trinajstić information content (AvgIpc) is 2.78. The lowest BCUT2D eigenvalue weighted by atomic mass is 9.81. The van der Waals surface area contributed by atoms with Gasteiger partial charge in [0.15, 0.2) is 0 Å². The first kappa shape index (κ1) is 23.8. The maximum Gasteiger partial charge on any atom is 0.321 e. The molecule has 32 heavy (non-hydrogen) atoms. The topological polar surface area (TPSA) is 106 Å². The van der Waals surface area contributed by atoms with E-state index < -0.39 is 5.97 Å². The maximum absolute atomic E-state index is 12.9. The Morgan fingerprint density at radius 2 is 1.84 bits per heavy atom. The van der Waals surface area contributed by atoms with Crippen LogP contribution >= 0.6 is 0 Å². The third-order valence-electron chi connectivity index (χ3n) is 6.74. The Bertz CT molecular complexity index is 809. The molecular weight excluding hydrogens is 412 g/mol. The lowest BCUT2D eigenvalue weighted by molar-refractivity contribution is -0.904. The number of anilines is 1. The predicted molar refractivity (Wildman–Crippen MR) is 117 cm³/mol. The smallest absolute Gasteiger partial charge is 0.321 e. The third kappa shape index (κ3) is 6.35. The lowest BCUT2D eigenvalue weighted by Gasteiger charge is -2.40. The number of piperidine rings is 1. The van der Waals surface area contributed by atoms with E-state index in [1.807, 2.05) is 17.0 Å².